The summed E-state index contributed by atoms with van der Waals surface area (Å²) in [5.74, 6) is 0.150. The van der Waals surface area contributed by atoms with E-state index in [2.05, 4.69) is 4.57 Å². The smallest absolute Gasteiger partial charge is 0.217 e. The lowest BCUT2D eigenvalue weighted by molar-refractivity contribution is -0.482. The Morgan fingerprint density at radius 2 is 1.77 bits per heavy atom. The molecule has 0 saturated carbocycles. The molecule has 0 aliphatic heterocycles. The number of para-hydroxylation sites is 1. The van der Waals surface area contributed by atoms with Gasteiger partial charge in [-0.25, -0.2) is 0 Å². The first kappa shape index (κ1) is 16.1. The van der Waals surface area contributed by atoms with Crippen LogP contribution in [-0.4, -0.2) is 16.0 Å². The van der Waals surface area contributed by atoms with E-state index in [0.29, 0.717) is 5.76 Å². The van der Waals surface area contributed by atoms with Gasteiger partial charge >= 0.3 is 0 Å². The Balaban J connectivity index is 2.05. The van der Waals surface area contributed by atoms with Crippen molar-refractivity contribution in [3.8, 4) is 11.3 Å². The van der Waals surface area contributed by atoms with E-state index in [-0.39, 0.29) is 11.5 Å². The minimum Gasteiger partial charge on any atom is -0.468 e. The maximum atomic E-state index is 11.4. The van der Waals surface area contributed by atoms with Gasteiger partial charge in [-0.3, -0.25) is 10.1 Å². The molecule has 1 atom stereocenters. The molecule has 0 fully saturated rings. The number of aromatic nitrogens is 1. The molecule has 0 radical (unpaired) electrons. The van der Waals surface area contributed by atoms with Crippen LogP contribution in [-0.2, 0) is 7.05 Å². The molecule has 0 aliphatic rings. The molecular formula is C21H18N2O3. The van der Waals surface area contributed by atoms with Crippen LogP contribution in [0, 0.1) is 10.1 Å². The number of hydrogen-bond donors (Lipinski definition) is 0. The fourth-order valence-electron chi connectivity index (χ4n) is 3.68. The molecule has 26 heavy (non-hydrogen) atoms. The maximum Gasteiger partial charge on any atom is 0.217 e. The molecule has 130 valence electrons. The highest BCUT2D eigenvalue weighted by Gasteiger charge is 2.30. The Bertz CT molecular complexity index is 1050. The summed E-state index contributed by atoms with van der Waals surface area (Å²) in [6, 6.07) is 21.6. The van der Waals surface area contributed by atoms with E-state index in [1.165, 1.54) is 0 Å². The van der Waals surface area contributed by atoms with Crippen LogP contribution in [0.25, 0.3) is 22.2 Å². The SMILES string of the molecule is Cn1c(-c2ccccc2)c([C@@H](C[N+](=O)[O-])c2ccco2)c2ccccc21. The zero-order chi connectivity index (χ0) is 18.1. The van der Waals surface area contributed by atoms with Crippen molar-refractivity contribution in [1.29, 1.82) is 0 Å². The molecule has 0 unspecified atom stereocenters. The topological polar surface area (TPSA) is 61.2 Å². The van der Waals surface area contributed by atoms with Crippen LogP contribution < -0.4 is 0 Å². The van der Waals surface area contributed by atoms with Crippen molar-refractivity contribution in [2.75, 3.05) is 6.54 Å². The Morgan fingerprint density at radius 1 is 1.04 bits per heavy atom. The molecule has 0 saturated heterocycles. The second kappa shape index (κ2) is 6.52. The fraction of sp³-hybridized carbons (Fsp3) is 0.143. The Hall–Kier alpha value is -3.34. The Kier molecular flexibility index (Phi) is 4.05. The van der Waals surface area contributed by atoms with E-state index in [1.54, 1.807) is 12.3 Å². The van der Waals surface area contributed by atoms with Crippen molar-refractivity contribution < 1.29 is 9.34 Å². The maximum absolute atomic E-state index is 11.4. The highest BCUT2D eigenvalue weighted by atomic mass is 16.6. The number of nitrogens with zero attached hydrogens (tertiary/aromatic N) is 2. The first-order chi connectivity index (χ1) is 12.7. The summed E-state index contributed by atoms with van der Waals surface area (Å²) in [7, 11) is 2.00. The van der Waals surface area contributed by atoms with Gasteiger partial charge in [-0.05, 0) is 23.8 Å². The molecule has 5 nitrogen and oxygen atoms in total. The van der Waals surface area contributed by atoms with Crippen molar-refractivity contribution in [1.82, 2.24) is 4.57 Å². The minimum atomic E-state index is -0.457. The number of aryl methyl sites for hydroxylation is 1. The molecular weight excluding hydrogens is 328 g/mol. The lowest BCUT2D eigenvalue weighted by Gasteiger charge is -2.14. The molecule has 2 aromatic carbocycles. The first-order valence-corrected chi connectivity index (χ1v) is 8.44. The van der Waals surface area contributed by atoms with Gasteiger partial charge < -0.3 is 8.98 Å². The Morgan fingerprint density at radius 3 is 2.46 bits per heavy atom. The highest BCUT2D eigenvalue weighted by molar-refractivity contribution is 5.92. The van der Waals surface area contributed by atoms with Gasteiger partial charge in [-0.2, -0.15) is 0 Å². The van der Waals surface area contributed by atoms with Crippen LogP contribution in [0.3, 0.4) is 0 Å². The molecule has 2 heterocycles. The summed E-state index contributed by atoms with van der Waals surface area (Å²) in [6.07, 6.45) is 1.57. The van der Waals surface area contributed by atoms with E-state index in [1.807, 2.05) is 67.7 Å². The Labute approximate surface area is 150 Å². The summed E-state index contributed by atoms with van der Waals surface area (Å²) in [4.78, 5) is 11.2. The highest BCUT2D eigenvalue weighted by Crippen LogP contribution is 2.40. The number of hydrogen-bond acceptors (Lipinski definition) is 3. The standard InChI is InChI=1S/C21H18N2O3/c1-22-18-11-6-5-10-16(18)20(21(22)15-8-3-2-4-9-15)17(14-23(24)25)19-12-7-13-26-19/h2-13,17H,14H2,1H3/t17-/m0/s1. The van der Waals surface area contributed by atoms with Crippen molar-refractivity contribution in [2.24, 2.45) is 7.05 Å². The summed E-state index contributed by atoms with van der Waals surface area (Å²) in [5.41, 5.74) is 3.98. The quantitative estimate of drug-likeness (QED) is 0.383. The third kappa shape index (κ3) is 2.67. The molecule has 0 N–H and O–H groups in total. The van der Waals surface area contributed by atoms with Gasteiger partial charge in [0.2, 0.25) is 6.54 Å². The van der Waals surface area contributed by atoms with Gasteiger partial charge in [0.25, 0.3) is 0 Å². The van der Waals surface area contributed by atoms with Gasteiger partial charge in [-0.1, -0.05) is 48.5 Å². The third-order valence-corrected chi connectivity index (χ3v) is 4.76. The lowest BCUT2D eigenvalue weighted by atomic mass is 9.91. The number of nitro groups is 1. The van der Waals surface area contributed by atoms with E-state index < -0.39 is 5.92 Å². The summed E-state index contributed by atoms with van der Waals surface area (Å²) in [5, 5.41) is 12.4. The second-order valence-corrected chi connectivity index (χ2v) is 6.29. The molecule has 4 aromatic rings. The normalized spacial score (nSPS) is 12.3. The molecule has 0 amide bonds. The zero-order valence-corrected chi connectivity index (χ0v) is 14.3. The van der Waals surface area contributed by atoms with Gasteiger partial charge in [0.15, 0.2) is 0 Å². The number of fused-ring (bicyclic) bond motifs is 1. The second-order valence-electron chi connectivity index (χ2n) is 6.29. The predicted octanol–water partition coefficient (Wildman–Crippen LogP) is 4.85. The largest absolute Gasteiger partial charge is 0.468 e. The molecule has 2 aromatic heterocycles. The van der Waals surface area contributed by atoms with Gasteiger partial charge in [0.05, 0.1) is 12.0 Å². The molecule has 0 bridgehead atoms. The average Bonchev–Trinajstić information content (AvgIpc) is 3.28. The third-order valence-electron chi connectivity index (χ3n) is 4.76. The fourth-order valence-corrected chi connectivity index (χ4v) is 3.68. The summed E-state index contributed by atoms with van der Waals surface area (Å²) < 4.78 is 7.69. The monoisotopic (exact) mass is 346 g/mol. The lowest BCUT2D eigenvalue weighted by Crippen LogP contribution is -2.14. The summed E-state index contributed by atoms with van der Waals surface area (Å²) >= 11 is 0. The minimum absolute atomic E-state index is 0.221. The molecule has 5 heteroatoms. The van der Waals surface area contributed by atoms with Crippen molar-refractivity contribution >= 4 is 10.9 Å². The number of benzene rings is 2. The predicted molar refractivity (Wildman–Crippen MR) is 101 cm³/mol. The van der Waals surface area contributed by atoms with Crippen LogP contribution in [0.2, 0.25) is 0 Å². The zero-order valence-electron chi connectivity index (χ0n) is 14.3. The number of furan rings is 1. The van der Waals surface area contributed by atoms with Crippen LogP contribution >= 0.6 is 0 Å². The molecule has 4 rings (SSSR count). The van der Waals surface area contributed by atoms with E-state index >= 15 is 0 Å². The van der Waals surface area contributed by atoms with Crippen molar-refractivity contribution in [3.63, 3.8) is 0 Å². The van der Waals surface area contributed by atoms with Crippen LogP contribution in [0.15, 0.2) is 77.4 Å². The molecule has 0 spiro atoms. The first-order valence-electron chi connectivity index (χ1n) is 8.44. The summed E-state index contributed by atoms with van der Waals surface area (Å²) in [6.45, 7) is -0.221. The van der Waals surface area contributed by atoms with Crippen molar-refractivity contribution in [2.45, 2.75) is 5.92 Å². The van der Waals surface area contributed by atoms with Gasteiger partial charge in [-0.15, -0.1) is 0 Å². The molecule has 0 aliphatic carbocycles. The average molecular weight is 346 g/mol. The van der Waals surface area contributed by atoms with Crippen LogP contribution in [0.5, 0.6) is 0 Å². The number of rotatable bonds is 5. The van der Waals surface area contributed by atoms with Crippen molar-refractivity contribution in [3.05, 3.63) is 94.4 Å². The van der Waals surface area contributed by atoms with Crippen LogP contribution in [0.1, 0.15) is 17.2 Å². The van der Waals surface area contributed by atoms with E-state index in [4.69, 9.17) is 4.42 Å². The van der Waals surface area contributed by atoms with E-state index in [9.17, 15) is 10.1 Å². The van der Waals surface area contributed by atoms with Crippen LogP contribution in [0.4, 0.5) is 0 Å². The van der Waals surface area contributed by atoms with Gasteiger partial charge in [0, 0.05) is 28.4 Å². The van der Waals surface area contributed by atoms with Gasteiger partial charge in [0.1, 0.15) is 11.7 Å². The van der Waals surface area contributed by atoms with E-state index in [0.717, 1.165) is 27.7 Å².